The van der Waals surface area contributed by atoms with Crippen LogP contribution in [0.25, 0.3) is 0 Å². The average Bonchev–Trinajstić information content (AvgIpc) is 3.15. The first-order chi connectivity index (χ1) is 14.8. The van der Waals surface area contributed by atoms with Gasteiger partial charge >= 0.3 is 6.36 Å². The van der Waals surface area contributed by atoms with Crippen molar-refractivity contribution < 1.29 is 32.5 Å². The minimum absolute atomic E-state index is 0.0708. The van der Waals surface area contributed by atoms with Gasteiger partial charge in [0, 0.05) is 24.0 Å². The zero-order valence-electron chi connectivity index (χ0n) is 17.4. The number of methoxy groups -OCH3 is 1. The van der Waals surface area contributed by atoms with Crippen molar-refractivity contribution in [3.63, 3.8) is 0 Å². The highest BCUT2D eigenvalue weighted by Crippen LogP contribution is 2.55. The van der Waals surface area contributed by atoms with Crippen LogP contribution in [0.2, 0.25) is 0 Å². The maximum absolute atomic E-state index is 12.8. The Bertz CT molecular complexity index is 886. The molecule has 0 radical (unpaired) electrons. The fraction of sp³-hybridized carbons (Fsp3) is 0.500. The van der Waals surface area contributed by atoms with E-state index >= 15 is 0 Å². The van der Waals surface area contributed by atoms with Crippen LogP contribution in [0.5, 0.6) is 11.5 Å². The molecule has 4 rings (SSSR count). The molecule has 2 aliphatic rings. The van der Waals surface area contributed by atoms with Crippen molar-refractivity contribution in [3.8, 4) is 11.5 Å². The number of ether oxygens (including phenoxy) is 3. The lowest BCUT2D eigenvalue weighted by atomic mass is 9.75. The predicted molar refractivity (Wildman–Crippen MR) is 109 cm³/mol. The summed E-state index contributed by atoms with van der Waals surface area (Å²) in [7, 11) is 1.50. The summed E-state index contributed by atoms with van der Waals surface area (Å²) in [6.07, 6.45) is -0.895. The molecule has 4 atom stereocenters. The van der Waals surface area contributed by atoms with Crippen LogP contribution in [0, 0.1) is 5.92 Å². The highest BCUT2D eigenvalue weighted by molar-refractivity contribution is 5.44. The number of aliphatic hydroxyl groups is 1. The van der Waals surface area contributed by atoms with E-state index in [0.717, 1.165) is 31.2 Å². The van der Waals surface area contributed by atoms with Crippen LogP contribution in [-0.2, 0) is 4.74 Å². The van der Waals surface area contributed by atoms with Gasteiger partial charge in [-0.1, -0.05) is 36.8 Å². The van der Waals surface area contributed by atoms with Gasteiger partial charge in [0.05, 0.1) is 18.8 Å². The van der Waals surface area contributed by atoms with Gasteiger partial charge < -0.3 is 19.3 Å². The van der Waals surface area contributed by atoms with Crippen LogP contribution in [0.4, 0.5) is 13.2 Å². The Kier molecular flexibility index (Phi) is 6.17. The maximum atomic E-state index is 12.8. The summed E-state index contributed by atoms with van der Waals surface area (Å²) in [5.41, 5.74) is 1.19. The molecule has 0 amide bonds. The molecule has 1 saturated carbocycles. The van der Waals surface area contributed by atoms with Crippen LogP contribution < -0.4 is 9.47 Å². The van der Waals surface area contributed by atoms with E-state index in [0.29, 0.717) is 17.7 Å². The molecular weight excluding hydrogens is 409 g/mol. The molecule has 2 aromatic rings. The van der Waals surface area contributed by atoms with E-state index in [4.69, 9.17) is 9.47 Å². The molecule has 0 aromatic heterocycles. The molecule has 7 heteroatoms. The van der Waals surface area contributed by atoms with Gasteiger partial charge in [-0.3, -0.25) is 0 Å². The Morgan fingerprint density at radius 1 is 1.10 bits per heavy atom. The zero-order valence-corrected chi connectivity index (χ0v) is 17.4. The first-order valence-corrected chi connectivity index (χ1v) is 10.6. The Hall–Kier alpha value is -2.25. The van der Waals surface area contributed by atoms with Gasteiger partial charge in [0.25, 0.3) is 0 Å². The third-order valence-corrected chi connectivity index (χ3v) is 6.68. The van der Waals surface area contributed by atoms with Crippen LogP contribution in [0.1, 0.15) is 55.3 Å². The van der Waals surface area contributed by atoms with Gasteiger partial charge in [0.2, 0.25) is 0 Å². The molecular formula is C24H27F3O4. The van der Waals surface area contributed by atoms with Crippen molar-refractivity contribution in [3.05, 3.63) is 59.7 Å². The Balaban J connectivity index is 1.74. The standard InChI is InChI=1S/C24H27F3O4/c1-29-21-10-9-18(30-24(25,26)27)14-20(21)19-11-13-23(12-5-8-17(23)15-28)31-22(19)16-6-3-2-4-7-16/h2-4,6-7,9-10,14,17,19,22,28H,5,8,11-13,15H2,1H3. The van der Waals surface area contributed by atoms with Crippen molar-refractivity contribution in [1.29, 1.82) is 0 Å². The van der Waals surface area contributed by atoms with E-state index in [2.05, 4.69) is 4.74 Å². The fourth-order valence-corrected chi connectivity index (χ4v) is 5.26. The molecule has 31 heavy (non-hydrogen) atoms. The minimum atomic E-state index is -4.77. The molecule has 1 aliphatic carbocycles. The number of halogens is 3. The lowest BCUT2D eigenvalue weighted by Gasteiger charge is -2.46. The number of rotatable bonds is 5. The lowest BCUT2D eigenvalue weighted by Crippen LogP contribution is -2.44. The molecule has 2 fully saturated rings. The number of hydrogen-bond acceptors (Lipinski definition) is 4. The molecule has 1 saturated heterocycles. The molecule has 1 aliphatic heterocycles. The number of alkyl halides is 3. The van der Waals surface area contributed by atoms with Crippen molar-refractivity contribution in [2.45, 2.75) is 56.1 Å². The van der Waals surface area contributed by atoms with Gasteiger partial charge in [-0.15, -0.1) is 13.2 Å². The zero-order chi connectivity index (χ0) is 22.1. The summed E-state index contributed by atoms with van der Waals surface area (Å²) in [4.78, 5) is 0. The third-order valence-electron chi connectivity index (χ3n) is 6.68. The fourth-order valence-electron chi connectivity index (χ4n) is 5.26. The number of aliphatic hydroxyl groups excluding tert-OH is 1. The summed E-state index contributed by atoms with van der Waals surface area (Å²) < 4.78 is 54.9. The first kappa shape index (κ1) is 22.0. The predicted octanol–water partition coefficient (Wildman–Crippen LogP) is 5.76. The van der Waals surface area contributed by atoms with E-state index in [1.165, 1.54) is 25.3 Å². The Morgan fingerprint density at radius 3 is 2.55 bits per heavy atom. The van der Waals surface area contributed by atoms with Gasteiger partial charge in [0.1, 0.15) is 11.5 Å². The molecule has 4 nitrogen and oxygen atoms in total. The monoisotopic (exact) mass is 436 g/mol. The first-order valence-electron chi connectivity index (χ1n) is 10.6. The molecule has 2 aromatic carbocycles. The largest absolute Gasteiger partial charge is 0.573 e. The van der Waals surface area contributed by atoms with Gasteiger partial charge in [-0.05, 0) is 49.4 Å². The number of benzene rings is 2. The van der Waals surface area contributed by atoms with E-state index < -0.39 is 12.0 Å². The summed E-state index contributed by atoms with van der Waals surface area (Å²) in [6, 6.07) is 13.9. The summed E-state index contributed by atoms with van der Waals surface area (Å²) in [5.74, 6) is 0.0933. The van der Waals surface area contributed by atoms with E-state index in [9.17, 15) is 18.3 Å². The highest BCUT2D eigenvalue weighted by atomic mass is 19.4. The second kappa shape index (κ2) is 8.71. The van der Waals surface area contributed by atoms with E-state index in [1.807, 2.05) is 30.3 Å². The van der Waals surface area contributed by atoms with Crippen LogP contribution >= 0.6 is 0 Å². The second-order valence-corrected chi connectivity index (χ2v) is 8.38. The summed E-state index contributed by atoms with van der Waals surface area (Å²) in [5, 5.41) is 9.93. The van der Waals surface area contributed by atoms with Crippen LogP contribution in [0.15, 0.2) is 48.5 Å². The second-order valence-electron chi connectivity index (χ2n) is 8.38. The molecule has 1 spiro atoms. The highest BCUT2D eigenvalue weighted by Gasteiger charge is 2.50. The lowest BCUT2D eigenvalue weighted by molar-refractivity contribution is -0.274. The molecule has 4 unspecified atom stereocenters. The molecule has 1 heterocycles. The smallest absolute Gasteiger partial charge is 0.496 e. The van der Waals surface area contributed by atoms with Crippen LogP contribution in [-0.4, -0.2) is 30.8 Å². The minimum Gasteiger partial charge on any atom is -0.496 e. The molecule has 168 valence electrons. The van der Waals surface area contributed by atoms with E-state index in [1.54, 1.807) is 0 Å². The molecule has 0 bridgehead atoms. The maximum Gasteiger partial charge on any atom is 0.573 e. The topological polar surface area (TPSA) is 47.9 Å². The van der Waals surface area contributed by atoms with E-state index in [-0.39, 0.29) is 30.3 Å². The van der Waals surface area contributed by atoms with Gasteiger partial charge in [-0.2, -0.15) is 0 Å². The van der Waals surface area contributed by atoms with Crippen molar-refractivity contribution in [1.82, 2.24) is 0 Å². The van der Waals surface area contributed by atoms with Crippen molar-refractivity contribution >= 4 is 0 Å². The quantitative estimate of drug-likeness (QED) is 0.647. The molecule has 1 N–H and O–H groups in total. The number of hydrogen-bond donors (Lipinski definition) is 1. The van der Waals surface area contributed by atoms with Crippen molar-refractivity contribution in [2.75, 3.05) is 13.7 Å². The Morgan fingerprint density at radius 2 is 1.87 bits per heavy atom. The Labute approximate surface area is 179 Å². The van der Waals surface area contributed by atoms with Gasteiger partial charge in [0.15, 0.2) is 0 Å². The summed E-state index contributed by atoms with van der Waals surface area (Å²) in [6.45, 7) is 0.0738. The van der Waals surface area contributed by atoms with Crippen LogP contribution in [0.3, 0.4) is 0 Å². The van der Waals surface area contributed by atoms with Crippen molar-refractivity contribution in [2.24, 2.45) is 5.92 Å². The normalized spacial score (nSPS) is 28.6. The third kappa shape index (κ3) is 4.53. The average molecular weight is 436 g/mol. The SMILES string of the molecule is COc1ccc(OC(F)(F)F)cc1C1CCC2(CCCC2CO)OC1c1ccccc1. The van der Waals surface area contributed by atoms with Gasteiger partial charge in [-0.25, -0.2) is 0 Å². The summed E-state index contributed by atoms with van der Waals surface area (Å²) >= 11 is 0.